The standard InChI is InChI=1S/C13H17N3O2/c1-7(2)6-16-12-11(9(4)15-16)10(13(17)18)5-8(3)14-12/h5,7H,6H2,1-4H3,(H,17,18). The lowest BCUT2D eigenvalue weighted by Gasteiger charge is -2.06. The average molecular weight is 247 g/mol. The molecular weight excluding hydrogens is 230 g/mol. The van der Waals surface area contributed by atoms with Crippen molar-refractivity contribution < 1.29 is 9.90 Å². The molecule has 0 aliphatic carbocycles. The number of carboxylic acids is 1. The van der Waals surface area contributed by atoms with Crippen LogP contribution >= 0.6 is 0 Å². The van der Waals surface area contributed by atoms with E-state index in [1.54, 1.807) is 17.7 Å². The molecule has 0 spiro atoms. The number of pyridine rings is 1. The molecule has 0 aromatic carbocycles. The molecule has 0 aliphatic rings. The molecule has 2 aromatic heterocycles. The van der Waals surface area contributed by atoms with Crippen molar-refractivity contribution in [2.75, 3.05) is 0 Å². The summed E-state index contributed by atoms with van der Waals surface area (Å²) in [4.78, 5) is 15.7. The lowest BCUT2D eigenvalue weighted by Crippen LogP contribution is -2.07. The van der Waals surface area contributed by atoms with Crippen LogP contribution in [0.25, 0.3) is 11.0 Å². The molecule has 0 saturated carbocycles. The summed E-state index contributed by atoms with van der Waals surface area (Å²) in [5.74, 6) is -0.499. The number of aromatic carboxylic acids is 1. The maximum Gasteiger partial charge on any atom is 0.336 e. The van der Waals surface area contributed by atoms with Crippen LogP contribution in [0, 0.1) is 19.8 Å². The highest BCUT2D eigenvalue weighted by Crippen LogP contribution is 2.22. The van der Waals surface area contributed by atoms with Crippen LogP contribution in [0.5, 0.6) is 0 Å². The van der Waals surface area contributed by atoms with E-state index in [0.717, 1.165) is 12.2 Å². The Morgan fingerprint density at radius 1 is 1.44 bits per heavy atom. The van der Waals surface area contributed by atoms with Crippen molar-refractivity contribution in [2.24, 2.45) is 5.92 Å². The van der Waals surface area contributed by atoms with E-state index in [9.17, 15) is 9.90 Å². The first kappa shape index (κ1) is 12.5. The van der Waals surface area contributed by atoms with Gasteiger partial charge in [-0.3, -0.25) is 0 Å². The van der Waals surface area contributed by atoms with Gasteiger partial charge in [0.1, 0.15) is 0 Å². The first-order valence-corrected chi connectivity index (χ1v) is 5.98. The third-order valence-electron chi connectivity index (χ3n) is 2.77. The van der Waals surface area contributed by atoms with Gasteiger partial charge in [0, 0.05) is 12.2 Å². The van der Waals surface area contributed by atoms with Crippen LogP contribution in [0.15, 0.2) is 6.07 Å². The van der Waals surface area contributed by atoms with E-state index >= 15 is 0 Å². The van der Waals surface area contributed by atoms with E-state index in [-0.39, 0.29) is 5.56 Å². The third-order valence-corrected chi connectivity index (χ3v) is 2.77. The monoisotopic (exact) mass is 247 g/mol. The quantitative estimate of drug-likeness (QED) is 0.904. The zero-order valence-corrected chi connectivity index (χ0v) is 11.1. The minimum absolute atomic E-state index is 0.282. The van der Waals surface area contributed by atoms with E-state index in [0.29, 0.717) is 22.6 Å². The van der Waals surface area contributed by atoms with Gasteiger partial charge in [-0.15, -0.1) is 0 Å². The summed E-state index contributed by atoms with van der Waals surface area (Å²) in [6, 6.07) is 1.60. The molecule has 2 rings (SSSR count). The molecule has 0 unspecified atom stereocenters. The molecule has 0 saturated heterocycles. The Kier molecular flexibility index (Phi) is 3.07. The maximum atomic E-state index is 11.3. The summed E-state index contributed by atoms with van der Waals surface area (Å²) >= 11 is 0. The van der Waals surface area contributed by atoms with Crippen LogP contribution in [0.4, 0.5) is 0 Å². The minimum atomic E-state index is -0.933. The van der Waals surface area contributed by atoms with Crippen molar-refractivity contribution in [1.29, 1.82) is 0 Å². The fraction of sp³-hybridized carbons (Fsp3) is 0.462. The minimum Gasteiger partial charge on any atom is -0.478 e. The van der Waals surface area contributed by atoms with Crippen molar-refractivity contribution in [1.82, 2.24) is 14.8 Å². The number of carbonyl (C=O) groups is 1. The normalized spacial score (nSPS) is 11.4. The van der Waals surface area contributed by atoms with Gasteiger partial charge >= 0.3 is 5.97 Å². The molecule has 5 nitrogen and oxygen atoms in total. The van der Waals surface area contributed by atoms with Crippen molar-refractivity contribution >= 4 is 17.0 Å². The fourth-order valence-electron chi connectivity index (χ4n) is 2.12. The van der Waals surface area contributed by atoms with Crippen molar-refractivity contribution in [3.05, 3.63) is 23.0 Å². The van der Waals surface area contributed by atoms with Gasteiger partial charge in [-0.2, -0.15) is 5.10 Å². The van der Waals surface area contributed by atoms with Gasteiger partial charge in [0.15, 0.2) is 5.65 Å². The average Bonchev–Trinajstić information content (AvgIpc) is 2.53. The summed E-state index contributed by atoms with van der Waals surface area (Å²) in [5.41, 5.74) is 2.36. The van der Waals surface area contributed by atoms with E-state index in [2.05, 4.69) is 23.9 Å². The van der Waals surface area contributed by atoms with E-state index in [1.807, 2.05) is 6.92 Å². The van der Waals surface area contributed by atoms with Crippen LogP contribution in [0.2, 0.25) is 0 Å². The Labute approximate surface area is 105 Å². The fourth-order valence-corrected chi connectivity index (χ4v) is 2.12. The van der Waals surface area contributed by atoms with Crippen LogP contribution in [-0.2, 0) is 6.54 Å². The van der Waals surface area contributed by atoms with E-state index in [1.165, 1.54) is 0 Å². The lowest BCUT2D eigenvalue weighted by molar-refractivity contribution is 0.0699. The molecule has 18 heavy (non-hydrogen) atoms. The Morgan fingerprint density at radius 3 is 2.67 bits per heavy atom. The number of fused-ring (bicyclic) bond motifs is 1. The first-order valence-electron chi connectivity index (χ1n) is 5.98. The number of hydrogen-bond donors (Lipinski definition) is 1. The number of aromatic nitrogens is 3. The molecule has 0 aliphatic heterocycles. The maximum absolute atomic E-state index is 11.3. The number of aryl methyl sites for hydroxylation is 2. The Hall–Kier alpha value is -1.91. The number of rotatable bonds is 3. The molecule has 0 radical (unpaired) electrons. The van der Waals surface area contributed by atoms with E-state index in [4.69, 9.17) is 0 Å². The van der Waals surface area contributed by atoms with Gasteiger partial charge in [-0.1, -0.05) is 13.8 Å². The molecule has 0 atom stereocenters. The van der Waals surface area contributed by atoms with Crippen LogP contribution < -0.4 is 0 Å². The van der Waals surface area contributed by atoms with Gasteiger partial charge in [-0.05, 0) is 25.8 Å². The molecule has 2 heterocycles. The SMILES string of the molecule is Cc1cc(C(=O)O)c2c(C)nn(CC(C)C)c2n1. The van der Waals surface area contributed by atoms with Gasteiger partial charge < -0.3 is 5.11 Å². The molecule has 0 bridgehead atoms. The third kappa shape index (κ3) is 2.08. The summed E-state index contributed by atoms with van der Waals surface area (Å²) < 4.78 is 1.80. The van der Waals surface area contributed by atoms with Crippen molar-refractivity contribution in [3.8, 4) is 0 Å². The van der Waals surface area contributed by atoms with Crippen LogP contribution in [-0.4, -0.2) is 25.8 Å². The largest absolute Gasteiger partial charge is 0.478 e. The Morgan fingerprint density at radius 2 is 2.11 bits per heavy atom. The second kappa shape index (κ2) is 4.40. The predicted octanol–water partition coefficient (Wildman–Crippen LogP) is 2.40. The zero-order chi connectivity index (χ0) is 13.4. The second-order valence-electron chi connectivity index (χ2n) is 4.98. The summed E-state index contributed by atoms with van der Waals surface area (Å²) in [7, 11) is 0. The molecular formula is C13H17N3O2. The summed E-state index contributed by atoms with van der Waals surface area (Å²) in [6.07, 6.45) is 0. The second-order valence-corrected chi connectivity index (χ2v) is 4.98. The van der Waals surface area contributed by atoms with Gasteiger partial charge in [0.2, 0.25) is 0 Å². The van der Waals surface area contributed by atoms with Crippen LogP contribution in [0.3, 0.4) is 0 Å². The number of carboxylic acid groups (broad SMARTS) is 1. The molecule has 0 fully saturated rings. The number of nitrogens with zero attached hydrogens (tertiary/aromatic N) is 3. The number of hydrogen-bond acceptors (Lipinski definition) is 3. The molecule has 96 valence electrons. The van der Waals surface area contributed by atoms with Gasteiger partial charge in [0.05, 0.1) is 16.6 Å². The summed E-state index contributed by atoms with van der Waals surface area (Å²) in [6.45, 7) is 8.55. The smallest absolute Gasteiger partial charge is 0.336 e. The zero-order valence-electron chi connectivity index (χ0n) is 11.1. The predicted molar refractivity (Wildman–Crippen MR) is 68.8 cm³/mol. The molecule has 0 amide bonds. The molecule has 5 heteroatoms. The lowest BCUT2D eigenvalue weighted by atomic mass is 10.1. The van der Waals surface area contributed by atoms with E-state index < -0.39 is 5.97 Å². The first-order chi connectivity index (χ1) is 8.40. The van der Waals surface area contributed by atoms with Crippen molar-refractivity contribution in [3.63, 3.8) is 0 Å². The van der Waals surface area contributed by atoms with Crippen molar-refractivity contribution in [2.45, 2.75) is 34.2 Å². The molecule has 1 N–H and O–H groups in total. The highest BCUT2D eigenvalue weighted by molar-refractivity contribution is 6.02. The van der Waals surface area contributed by atoms with Crippen LogP contribution in [0.1, 0.15) is 35.6 Å². The highest BCUT2D eigenvalue weighted by Gasteiger charge is 2.18. The Bertz CT molecular complexity index is 614. The van der Waals surface area contributed by atoms with Gasteiger partial charge in [-0.25, -0.2) is 14.5 Å². The molecule has 2 aromatic rings. The highest BCUT2D eigenvalue weighted by atomic mass is 16.4. The topological polar surface area (TPSA) is 68.0 Å². The Balaban J connectivity index is 2.75. The van der Waals surface area contributed by atoms with Gasteiger partial charge in [0.25, 0.3) is 0 Å². The summed E-state index contributed by atoms with van der Waals surface area (Å²) in [5, 5.41) is 14.3.